The molecule has 3 heteroatoms. The molecule has 1 unspecified atom stereocenters. The lowest BCUT2D eigenvalue weighted by Crippen LogP contribution is -2.25. The number of carbonyl (C=O) groups is 1. The van der Waals surface area contributed by atoms with Gasteiger partial charge in [0.25, 0.3) is 0 Å². The van der Waals surface area contributed by atoms with Crippen molar-refractivity contribution in [2.24, 2.45) is 0 Å². The second-order valence-electron chi connectivity index (χ2n) is 3.73. The van der Waals surface area contributed by atoms with Crippen molar-refractivity contribution in [2.75, 3.05) is 13.1 Å². The van der Waals surface area contributed by atoms with Crippen molar-refractivity contribution < 1.29 is 4.79 Å². The standard InChI is InChI=1S/C11H14N2O/c1-9(14)13-7-4-11(8-13)10-2-5-12-6-3-10/h2-3,5-6,11H,4,7-8H2,1H3. The first-order valence-corrected chi connectivity index (χ1v) is 4.93. The molecule has 1 fully saturated rings. The van der Waals surface area contributed by atoms with Crippen molar-refractivity contribution in [1.29, 1.82) is 0 Å². The van der Waals surface area contributed by atoms with Crippen molar-refractivity contribution in [1.82, 2.24) is 9.88 Å². The molecule has 1 aromatic heterocycles. The summed E-state index contributed by atoms with van der Waals surface area (Å²) in [5.74, 6) is 0.684. The van der Waals surface area contributed by atoms with Crippen LogP contribution in [0.25, 0.3) is 0 Å². The highest BCUT2D eigenvalue weighted by Gasteiger charge is 2.24. The summed E-state index contributed by atoms with van der Waals surface area (Å²) in [4.78, 5) is 17.0. The van der Waals surface area contributed by atoms with Crippen molar-refractivity contribution in [3.05, 3.63) is 30.1 Å². The predicted molar refractivity (Wildman–Crippen MR) is 53.8 cm³/mol. The quantitative estimate of drug-likeness (QED) is 0.671. The van der Waals surface area contributed by atoms with Gasteiger partial charge >= 0.3 is 0 Å². The Morgan fingerprint density at radius 3 is 2.79 bits per heavy atom. The zero-order valence-electron chi connectivity index (χ0n) is 8.31. The molecule has 1 aromatic rings. The van der Waals surface area contributed by atoms with Crippen LogP contribution in [0.15, 0.2) is 24.5 Å². The Hall–Kier alpha value is -1.38. The number of hydrogen-bond donors (Lipinski definition) is 0. The van der Waals surface area contributed by atoms with Gasteiger partial charge in [-0.2, -0.15) is 0 Å². The number of rotatable bonds is 1. The van der Waals surface area contributed by atoms with Crippen LogP contribution in [0.3, 0.4) is 0 Å². The fraction of sp³-hybridized carbons (Fsp3) is 0.455. The normalized spacial score (nSPS) is 21.2. The van der Waals surface area contributed by atoms with Gasteiger partial charge in [0, 0.05) is 38.3 Å². The van der Waals surface area contributed by atoms with E-state index in [4.69, 9.17) is 0 Å². The molecule has 0 N–H and O–H groups in total. The van der Waals surface area contributed by atoms with Gasteiger partial charge in [-0.15, -0.1) is 0 Å². The number of amides is 1. The topological polar surface area (TPSA) is 33.2 Å². The maximum atomic E-state index is 11.1. The molecule has 3 nitrogen and oxygen atoms in total. The van der Waals surface area contributed by atoms with Crippen LogP contribution in [0.4, 0.5) is 0 Å². The van der Waals surface area contributed by atoms with Gasteiger partial charge in [0.15, 0.2) is 0 Å². The van der Waals surface area contributed by atoms with Gasteiger partial charge in [0.05, 0.1) is 0 Å². The summed E-state index contributed by atoms with van der Waals surface area (Å²) >= 11 is 0. The summed E-state index contributed by atoms with van der Waals surface area (Å²) in [6.07, 6.45) is 4.70. The van der Waals surface area contributed by atoms with Gasteiger partial charge in [0.2, 0.25) is 5.91 Å². The molecule has 74 valence electrons. The molecular formula is C11H14N2O. The van der Waals surface area contributed by atoms with Gasteiger partial charge in [-0.1, -0.05) is 0 Å². The van der Waals surface area contributed by atoms with Crippen molar-refractivity contribution in [3.63, 3.8) is 0 Å². The number of pyridine rings is 1. The van der Waals surface area contributed by atoms with E-state index in [1.165, 1.54) is 5.56 Å². The number of likely N-dealkylation sites (tertiary alicyclic amines) is 1. The molecule has 1 aliphatic rings. The summed E-state index contributed by atoms with van der Waals surface area (Å²) < 4.78 is 0. The lowest BCUT2D eigenvalue weighted by atomic mass is 10.00. The Morgan fingerprint density at radius 2 is 2.21 bits per heavy atom. The van der Waals surface area contributed by atoms with Crippen molar-refractivity contribution >= 4 is 5.91 Å². The molecule has 14 heavy (non-hydrogen) atoms. The third kappa shape index (κ3) is 1.76. The summed E-state index contributed by atoms with van der Waals surface area (Å²) in [6, 6.07) is 4.07. The highest BCUT2D eigenvalue weighted by atomic mass is 16.2. The molecule has 1 aliphatic heterocycles. The molecule has 1 amide bonds. The Bertz CT molecular complexity index is 323. The van der Waals surface area contributed by atoms with Crippen LogP contribution in [0.5, 0.6) is 0 Å². The van der Waals surface area contributed by atoms with Gasteiger partial charge in [-0.3, -0.25) is 9.78 Å². The predicted octanol–water partition coefficient (Wildman–Crippen LogP) is 1.42. The summed E-state index contributed by atoms with van der Waals surface area (Å²) in [6.45, 7) is 3.39. The van der Waals surface area contributed by atoms with E-state index in [1.54, 1.807) is 6.92 Å². The minimum Gasteiger partial charge on any atom is -0.342 e. The molecule has 1 saturated heterocycles. The molecule has 0 radical (unpaired) electrons. The Kier molecular flexibility index (Phi) is 2.48. The fourth-order valence-electron chi connectivity index (χ4n) is 1.95. The summed E-state index contributed by atoms with van der Waals surface area (Å²) in [5, 5.41) is 0. The lowest BCUT2D eigenvalue weighted by molar-refractivity contribution is -0.127. The Labute approximate surface area is 83.8 Å². The first kappa shape index (κ1) is 9.19. The minimum atomic E-state index is 0.182. The second-order valence-corrected chi connectivity index (χ2v) is 3.73. The molecule has 0 saturated carbocycles. The maximum absolute atomic E-state index is 11.1. The van der Waals surface area contributed by atoms with Crippen molar-refractivity contribution in [2.45, 2.75) is 19.3 Å². The van der Waals surface area contributed by atoms with Gasteiger partial charge in [-0.05, 0) is 24.1 Å². The maximum Gasteiger partial charge on any atom is 0.219 e. The molecule has 0 bridgehead atoms. The minimum absolute atomic E-state index is 0.182. The SMILES string of the molecule is CC(=O)N1CCC(c2ccncc2)C1. The lowest BCUT2D eigenvalue weighted by Gasteiger charge is -2.13. The molecule has 2 rings (SSSR count). The van der Waals surface area contributed by atoms with Crippen LogP contribution in [0, 0.1) is 0 Å². The van der Waals surface area contributed by atoms with E-state index >= 15 is 0 Å². The highest BCUT2D eigenvalue weighted by Crippen LogP contribution is 2.26. The van der Waals surface area contributed by atoms with Gasteiger partial charge < -0.3 is 4.90 Å². The first-order chi connectivity index (χ1) is 6.77. The molecule has 1 atom stereocenters. The smallest absolute Gasteiger partial charge is 0.219 e. The van der Waals surface area contributed by atoms with Gasteiger partial charge in [0.1, 0.15) is 0 Å². The number of carbonyl (C=O) groups excluding carboxylic acids is 1. The van der Waals surface area contributed by atoms with Crippen LogP contribution < -0.4 is 0 Å². The monoisotopic (exact) mass is 190 g/mol. The summed E-state index contributed by atoms with van der Waals surface area (Å²) in [7, 11) is 0. The zero-order valence-corrected chi connectivity index (χ0v) is 8.31. The van der Waals surface area contributed by atoms with E-state index in [1.807, 2.05) is 29.4 Å². The Morgan fingerprint density at radius 1 is 1.50 bits per heavy atom. The molecular weight excluding hydrogens is 176 g/mol. The number of nitrogens with zero attached hydrogens (tertiary/aromatic N) is 2. The van der Waals surface area contributed by atoms with E-state index in [2.05, 4.69) is 4.98 Å². The Balaban J connectivity index is 2.06. The van der Waals surface area contributed by atoms with Gasteiger partial charge in [-0.25, -0.2) is 0 Å². The van der Waals surface area contributed by atoms with E-state index in [9.17, 15) is 4.79 Å². The average molecular weight is 190 g/mol. The summed E-state index contributed by atoms with van der Waals surface area (Å²) in [5.41, 5.74) is 1.30. The van der Waals surface area contributed by atoms with Crippen LogP contribution in [-0.4, -0.2) is 28.9 Å². The molecule has 0 aromatic carbocycles. The molecule has 2 heterocycles. The van der Waals surface area contributed by atoms with Crippen LogP contribution in [0.2, 0.25) is 0 Å². The fourth-order valence-corrected chi connectivity index (χ4v) is 1.95. The van der Waals surface area contributed by atoms with Crippen LogP contribution >= 0.6 is 0 Å². The van der Waals surface area contributed by atoms with E-state index in [0.717, 1.165) is 19.5 Å². The molecule has 0 spiro atoms. The number of hydrogen-bond acceptors (Lipinski definition) is 2. The third-order valence-corrected chi connectivity index (χ3v) is 2.81. The first-order valence-electron chi connectivity index (χ1n) is 4.93. The second kappa shape index (κ2) is 3.78. The van der Waals surface area contributed by atoms with E-state index in [0.29, 0.717) is 5.92 Å². The van der Waals surface area contributed by atoms with Crippen LogP contribution in [-0.2, 0) is 4.79 Å². The van der Waals surface area contributed by atoms with E-state index in [-0.39, 0.29) is 5.91 Å². The average Bonchev–Trinajstić information content (AvgIpc) is 2.68. The largest absolute Gasteiger partial charge is 0.342 e. The molecule has 0 aliphatic carbocycles. The third-order valence-electron chi connectivity index (χ3n) is 2.81. The van der Waals surface area contributed by atoms with Crippen LogP contribution in [0.1, 0.15) is 24.8 Å². The highest BCUT2D eigenvalue weighted by molar-refractivity contribution is 5.73. The zero-order chi connectivity index (χ0) is 9.97. The number of aromatic nitrogens is 1. The van der Waals surface area contributed by atoms with E-state index < -0.39 is 0 Å². The van der Waals surface area contributed by atoms with Crippen molar-refractivity contribution in [3.8, 4) is 0 Å².